The van der Waals surface area contributed by atoms with Crippen molar-refractivity contribution in [1.29, 1.82) is 0 Å². The van der Waals surface area contributed by atoms with E-state index >= 15 is 0 Å². The van der Waals surface area contributed by atoms with Gasteiger partial charge in [0, 0.05) is 20.6 Å². The van der Waals surface area contributed by atoms with Gasteiger partial charge < -0.3 is 36.9 Å². The summed E-state index contributed by atoms with van der Waals surface area (Å²) in [4.78, 5) is 0. The molecule has 7 heteroatoms. The first-order chi connectivity index (χ1) is 14.9. The molecule has 0 bridgehead atoms. The molecule has 0 aliphatic heterocycles. The van der Waals surface area contributed by atoms with Crippen molar-refractivity contribution in [2.75, 3.05) is 14.2 Å². The average molecular weight is 514 g/mol. The van der Waals surface area contributed by atoms with Gasteiger partial charge in [0.2, 0.25) is 0 Å². The van der Waals surface area contributed by atoms with Crippen LogP contribution in [0.25, 0.3) is 0 Å². The van der Waals surface area contributed by atoms with Crippen molar-refractivity contribution in [2.24, 2.45) is 0 Å². The average Bonchev–Trinajstić information content (AvgIpc) is 2.76. The Kier molecular flexibility index (Phi) is 27.6. The lowest BCUT2D eigenvalue weighted by Crippen LogP contribution is -3.00. The second-order valence-electron chi connectivity index (χ2n) is 10.0. The van der Waals surface area contributed by atoms with Gasteiger partial charge in [-0.15, -0.1) is 0 Å². The Hall–Kier alpha value is 0.307. The Morgan fingerprint density at radius 3 is 1.30 bits per heavy atom. The maximum atomic E-state index is 6.43. The molecule has 0 radical (unpaired) electrons. The summed E-state index contributed by atoms with van der Waals surface area (Å²) < 4.78 is 17.9. The van der Waals surface area contributed by atoms with Gasteiger partial charge in [-0.1, -0.05) is 117 Å². The first-order valence-electron chi connectivity index (χ1n) is 13.5. The summed E-state index contributed by atoms with van der Waals surface area (Å²) in [6.45, 7) is 8.74. The Morgan fingerprint density at radius 1 is 0.667 bits per heavy atom. The first kappa shape index (κ1) is 37.8. The number of quaternary nitrogens is 1. The minimum absolute atomic E-state index is 0. The van der Waals surface area contributed by atoms with Gasteiger partial charge in [0.05, 0.1) is 5.60 Å². The fraction of sp³-hybridized carbons (Fsp3) is 1.00. The Morgan fingerprint density at radius 2 is 1.00 bits per heavy atom. The third-order valence-corrected chi connectivity index (χ3v) is 10.00. The van der Waals surface area contributed by atoms with E-state index in [9.17, 15) is 0 Å². The van der Waals surface area contributed by atoms with E-state index in [0.29, 0.717) is 0 Å². The summed E-state index contributed by atoms with van der Waals surface area (Å²) in [6.07, 6.45) is 24.3. The van der Waals surface area contributed by atoms with Crippen LogP contribution in [0, 0.1) is 0 Å². The Bertz CT molecular complexity index is 398. The quantitative estimate of drug-likeness (QED) is 0.168. The topological polar surface area (TPSA) is 86.8 Å². The van der Waals surface area contributed by atoms with Crippen LogP contribution in [0.5, 0.6) is 0 Å². The highest BCUT2D eigenvalue weighted by atomic mass is 35.5. The van der Waals surface area contributed by atoms with Crippen LogP contribution < -0.4 is 18.1 Å². The molecule has 0 aliphatic rings. The molecule has 0 aliphatic carbocycles. The molecule has 5 nitrogen and oxygen atoms in total. The van der Waals surface area contributed by atoms with Crippen LogP contribution >= 0.6 is 0 Å². The van der Waals surface area contributed by atoms with Crippen molar-refractivity contribution < 1.29 is 36.9 Å². The third-order valence-electron chi connectivity index (χ3n) is 6.61. The van der Waals surface area contributed by atoms with E-state index in [-0.39, 0.29) is 29.1 Å². The zero-order chi connectivity index (χ0) is 23.4. The lowest BCUT2D eigenvalue weighted by atomic mass is 9.99. The molecule has 33 heavy (non-hydrogen) atoms. The predicted octanol–water partition coefficient (Wildman–Crippen LogP) is 3.40. The van der Waals surface area contributed by atoms with E-state index in [1.807, 2.05) is 0 Å². The number of hydrogen-bond acceptors (Lipinski definition) is 3. The molecule has 0 fully saturated rings. The summed E-state index contributed by atoms with van der Waals surface area (Å²) in [6, 6.07) is 0. The fourth-order valence-electron chi connectivity index (χ4n) is 4.37. The normalized spacial score (nSPS) is 12.8. The zero-order valence-corrected chi connectivity index (χ0v) is 24.9. The molecule has 204 valence electrons. The van der Waals surface area contributed by atoms with E-state index in [4.69, 9.17) is 13.3 Å². The molecule has 0 rings (SSSR count). The highest BCUT2D eigenvalue weighted by Crippen LogP contribution is 2.26. The van der Waals surface area contributed by atoms with Gasteiger partial charge >= 0.3 is 8.80 Å². The summed E-state index contributed by atoms with van der Waals surface area (Å²) >= 11 is 0. The summed E-state index contributed by atoms with van der Waals surface area (Å²) in [7, 11) is 0.701. The highest BCUT2D eigenvalue weighted by Gasteiger charge is 2.52. The molecule has 0 spiro atoms. The second-order valence-corrected chi connectivity index (χ2v) is 13.1. The molecule has 0 aromatic rings. The van der Waals surface area contributed by atoms with Gasteiger partial charge in [-0.05, 0) is 20.3 Å². The summed E-state index contributed by atoms with van der Waals surface area (Å²) in [5.74, 6) is 0. The van der Waals surface area contributed by atoms with E-state index in [1.54, 1.807) is 14.2 Å². The van der Waals surface area contributed by atoms with E-state index in [2.05, 4.69) is 33.4 Å². The lowest BCUT2D eigenvalue weighted by Gasteiger charge is -2.37. The van der Waals surface area contributed by atoms with Crippen LogP contribution in [-0.2, 0) is 13.3 Å². The van der Waals surface area contributed by atoms with Gasteiger partial charge in [0.1, 0.15) is 0 Å². The summed E-state index contributed by atoms with van der Waals surface area (Å²) in [5, 5.41) is 0. The molecular weight excluding hydrogens is 454 g/mol. The highest BCUT2D eigenvalue weighted by molar-refractivity contribution is 6.62. The molecule has 0 amide bonds. The minimum atomic E-state index is -2.70. The van der Waals surface area contributed by atoms with Crippen molar-refractivity contribution in [3.05, 3.63) is 0 Å². The number of hydrogen-bond donors (Lipinski definition) is 1. The van der Waals surface area contributed by atoms with Crippen molar-refractivity contribution in [3.63, 3.8) is 0 Å². The molecule has 0 saturated heterocycles. The van der Waals surface area contributed by atoms with Crippen LogP contribution in [-0.4, -0.2) is 39.8 Å². The third kappa shape index (κ3) is 19.2. The Labute approximate surface area is 214 Å². The molecular formula is C26H60ClNO4Si. The SMILES string of the molecule is CCCCCCCCCCCCCCCCCCC(C)(C)O[Si](OC)(OC)C([NH3+])CC.O.[Cl-]. The van der Waals surface area contributed by atoms with E-state index in [1.165, 1.54) is 103 Å². The number of rotatable bonds is 23. The number of halogens is 1. The van der Waals surface area contributed by atoms with Gasteiger partial charge in [0.15, 0.2) is 5.67 Å². The van der Waals surface area contributed by atoms with Crippen molar-refractivity contribution >= 4 is 8.80 Å². The van der Waals surface area contributed by atoms with Gasteiger partial charge in [-0.2, -0.15) is 0 Å². The maximum Gasteiger partial charge on any atom is 0.562 e. The largest absolute Gasteiger partial charge is 1.00 e. The van der Waals surface area contributed by atoms with Gasteiger partial charge in [-0.25, -0.2) is 0 Å². The second kappa shape index (κ2) is 24.0. The van der Waals surface area contributed by atoms with E-state index < -0.39 is 8.80 Å². The smallest absolute Gasteiger partial charge is 0.562 e. The van der Waals surface area contributed by atoms with Crippen molar-refractivity contribution in [3.8, 4) is 0 Å². The molecule has 0 aromatic carbocycles. The van der Waals surface area contributed by atoms with E-state index in [0.717, 1.165) is 12.8 Å². The zero-order valence-electron chi connectivity index (χ0n) is 23.1. The van der Waals surface area contributed by atoms with Crippen LogP contribution in [0.4, 0.5) is 0 Å². The minimum Gasteiger partial charge on any atom is -1.00 e. The standard InChI is InChI=1S/C26H57NO3Si.ClH.H2O/c1-7-9-10-11-12-13-14-15-16-17-18-19-20-21-22-23-24-26(3,4)30-31(28-5,29-6)25(27)8-2;;/h25H,7-24,27H2,1-6H3;1H;1H2. The van der Waals surface area contributed by atoms with Crippen LogP contribution in [0.15, 0.2) is 0 Å². The molecule has 0 aromatic heterocycles. The molecule has 5 N–H and O–H groups in total. The summed E-state index contributed by atoms with van der Waals surface area (Å²) in [5.41, 5.74) is 4.07. The van der Waals surface area contributed by atoms with Crippen molar-refractivity contribution in [2.45, 2.75) is 155 Å². The molecule has 1 atom stereocenters. The van der Waals surface area contributed by atoms with Crippen LogP contribution in [0.1, 0.15) is 143 Å². The molecule has 0 heterocycles. The van der Waals surface area contributed by atoms with Crippen molar-refractivity contribution in [1.82, 2.24) is 0 Å². The molecule has 0 saturated carbocycles. The van der Waals surface area contributed by atoms with Crippen LogP contribution in [0.2, 0.25) is 0 Å². The molecule has 1 unspecified atom stereocenters. The fourth-order valence-corrected chi connectivity index (χ4v) is 6.91. The predicted molar refractivity (Wildman–Crippen MR) is 140 cm³/mol. The lowest BCUT2D eigenvalue weighted by molar-refractivity contribution is -0.406. The maximum absolute atomic E-state index is 6.43. The monoisotopic (exact) mass is 513 g/mol. The Balaban J connectivity index is -0.00000450. The van der Waals surface area contributed by atoms with Gasteiger partial charge in [0.25, 0.3) is 0 Å². The number of unbranched alkanes of at least 4 members (excludes halogenated alkanes) is 15. The first-order valence-corrected chi connectivity index (χ1v) is 15.3. The van der Waals surface area contributed by atoms with Crippen LogP contribution in [0.3, 0.4) is 0 Å². The van der Waals surface area contributed by atoms with Gasteiger partial charge in [-0.3, -0.25) is 0 Å².